The van der Waals surface area contributed by atoms with Gasteiger partial charge < -0.3 is 5.32 Å². The molecule has 1 aromatic heterocycles. The molecule has 94 valence electrons. The molecule has 0 saturated heterocycles. The van der Waals surface area contributed by atoms with Gasteiger partial charge in [0.25, 0.3) is 0 Å². The van der Waals surface area contributed by atoms with Crippen molar-refractivity contribution in [2.24, 2.45) is 0 Å². The van der Waals surface area contributed by atoms with Crippen molar-refractivity contribution in [2.75, 3.05) is 12.4 Å². The minimum absolute atomic E-state index is 0.554. The number of hydrogen-bond donors (Lipinski definition) is 1. The molecule has 0 aliphatic heterocycles. The molecule has 0 aliphatic rings. The first kappa shape index (κ1) is 12.6. The predicted molar refractivity (Wildman–Crippen MR) is 75.8 cm³/mol. The van der Waals surface area contributed by atoms with Crippen molar-refractivity contribution in [3.8, 4) is 11.3 Å². The molecule has 0 fully saturated rings. The molecule has 0 radical (unpaired) electrons. The van der Waals surface area contributed by atoms with E-state index in [0.717, 1.165) is 22.6 Å². The summed E-state index contributed by atoms with van der Waals surface area (Å²) in [7, 11) is 1.86. The smallest absolute Gasteiger partial charge is 0.151 e. The van der Waals surface area contributed by atoms with Crippen molar-refractivity contribution < 1.29 is 0 Å². The van der Waals surface area contributed by atoms with E-state index in [1.54, 1.807) is 0 Å². The van der Waals surface area contributed by atoms with E-state index >= 15 is 0 Å². The highest BCUT2D eigenvalue weighted by Gasteiger charge is 2.05. The molecule has 0 bridgehead atoms. The largest absolute Gasteiger partial charge is 0.371 e. The Hall–Kier alpha value is -1.90. The lowest BCUT2D eigenvalue weighted by Gasteiger charge is -2.08. The summed E-state index contributed by atoms with van der Waals surface area (Å²) >= 11 is 0. The van der Waals surface area contributed by atoms with Crippen LogP contribution >= 0.6 is 0 Å². The van der Waals surface area contributed by atoms with E-state index in [4.69, 9.17) is 0 Å². The van der Waals surface area contributed by atoms with E-state index in [1.165, 1.54) is 5.56 Å². The molecule has 0 aliphatic carbocycles. The van der Waals surface area contributed by atoms with Gasteiger partial charge >= 0.3 is 0 Å². The number of nitrogens with one attached hydrogen (secondary N) is 1. The summed E-state index contributed by atoms with van der Waals surface area (Å²) in [6, 6.07) is 10.6. The Labute approximate surface area is 108 Å². The first-order chi connectivity index (χ1) is 8.61. The average Bonchev–Trinajstić information content (AvgIpc) is 2.38. The van der Waals surface area contributed by atoms with Gasteiger partial charge in [-0.25, -0.2) is 0 Å². The highest BCUT2D eigenvalue weighted by molar-refractivity contribution is 5.61. The molecule has 1 N–H and O–H groups in total. The van der Waals surface area contributed by atoms with Gasteiger partial charge in [-0.05, 0) is 30.0 Å². The topological polar surface area (TPSA) is 37.8 Å². The van der Waals surface area contributed by atoms with Crippen molar-refractivity contribution in [1.29, 1.82) is 0 Å². The van der Waals surface area contributed by atoms with Crippen LogP contribution in [0.2, 0.25) is 0 Å². The van der Waals surface area contributed by atoms with E-state index in [2.05, 4.69) is 59.7 Å². The zero-order chi connectivity index (χ0) is 13.1. The lowest BCUT2D eigenvalue weighted by molar-refractivity contribution is 0.867. The lowest BCUT2D eigenvalue weighted by Crippen LogP contribution is -1.99. The zero-order valence-corrected chi connectivity index (χ0v) is 11.4. The van der Waals surface area contributed by atoms with Gasteiger partial charge in [0.2, 0.25) is 0 Å². The molecular formula is C15H19N3. The molecule has 3 nitrogen and oxygen atoms in total. The van der Waals surface area contributed by atoms with Crippen molar-refractivity contribution in [3.05, 3.63) is 41.5 Å². The first-order valence-electron chi connectivity index (χ1n) is 6.24. The van der Waals surface area contributed by atoms with Gasteiger partial charge in [-0.2, -0.15) is 0 Å². The molecule has 18 heavy (non-hydrogen) atoms. The maximum Gasteiger partial charge on any atom is 0.151 e. The quantitative estimate of drug-likeness (QED) is 0.892. The van der Waals surface area contributed by atoms with E-state index in [-0.39, 0.29) is 0 Å². The van der Waals surface area contributed by atoms with Crippen LogP contribution < -0.4 is 5.32 Å². The van der Waals surface area contributed by atoms with Crippen LogP contribution in [0.3, 0.4) is 0 Å². The Morgan fingerprint density at radius 2 is 1.72 bits per heavy atom. The van der Waals surface area contributed by atoms with Crippen LogP contribution in [0, 0.1) is 6.92 Å². The fourth-order valence-electron chi connectivity index (χ4n) is 1.91. The Kier molecular flexibility index (Phi) is 3.60. The molecule has 1 heterocycles. The normalized spacial score (nSPS) is 10.7. The van der Waals surface area contributed by atoms with Gasteiger partial charge in [0.05, 0.1) is 5.69 Å². The Bertz CT molecular complexity index is 530. The molecule has 2 aromatic rings. The summed E-state index contributed by atoms with van der Waals surface area (Å²) < 4.78 is 0. The molecule has 0 spiro atoms. The van der Waals surface area contributed by atoms with Crippen LogP contribution in [-0.2, 0) is 0 Å². The van der Waals surface area contributed by atoms with Gasteiger partial charge in [-0.3, -0.25) is 0 Å². The summed E-state index contributed by atoms with van der Waals surface area (Å²) in [5.74, 6) is 1.39. The van der Waals surface area contributed by atoms with Crippen LogP contribution in [0.4, 0.5) is 5.82 Å². The molecular weight excluding hydrogens is 222 g/mol. The van der Waals surface area contributed by atoms with Gasteiger partial charge in [-0.15, -0.1) is 10.2 Å². The Morgan fingerprint density at radius 3 is 2.22 bits per heavy atom. The SMILES string of the molecule is CNc1nnc(-c2ccc(C(C)C)cc2)cc1C. The summed E-state index contributed by atoms with van der Waals surface area (Å²) in [6.45, 7) is 6.42. The van der Waals surface area contributed by atoms with Crippen LogP contribution in [0.5, 0.6) is 0 Å². The van der Waals surface area contributed by atoms with Crippen LogP contribution in [0.25, 0.3) is 11.3 Å². The molecule has 0 unspecified atom stereocenters. The van der Waals surface area contributed by atoms with Gasteiger partial charge in [-0.1, -0.05) is 38.1 Å². The number of benzene rings is 1. The molecule has 0 saturated carbocycles. The van der Waals surface area contributed by atoms with E-state index in [9.17, 15) is 0 Å². The first-order valence-corrected chi connectivity index (χ1v) is 6.24. The summed E-state index contributed by atoms with van der Waals surface area (Å²) in [5, 5.41) is 11.4. The molecule has 1 aromatic carbocycles. The van der Waals surface area contributed by atoms with E-state index in [0.29, 0.717) is 5.92 Å². The maximum absolute atomic E-state index is 4.24. The number of aromatic nitrogens is 2. The molecule has 0 atom stereocenters. The fourth-order valence-corrected chi connectivity index (χ4v) is 1.91. The summed E-state index contributed by atoms with van der Waals surface area (Å²) in [4.78, 5) is 0. The second-order valence-electron chi connectivity index (χ2n) is 4.79. The highest BCUT2D eigenvalue weighted by Crippen LogP contribution is 2.22. The lowest BCUT2D eigenvalue weighted by atomic mass is 10.0. The van der Waals surface area contributed by atoms with Gasteiger partial charge in [0.1, 0.15) is 0 Å². The Morgan fingerprint density at radius 1 is 1.06 bits per heavy atom. The number of nitrogens with zero attached hydrogens (tertiary/aromatic N) is 2. The minimum Gasteiger partial charge on any atom is -0.371 e. The summed E-state index contributed by atoms with van der Waals surface area (Å²) in [5.41, 5.74) is 4.48. The monoisotopic (exact) mass is 241 g/mol. The maximum atomic E-state index is 4.24. The summed E-state index contributed by atoms with van der Waals surface area (Å²) in [6.07, 6.45) is 0. The third-order valence-electron chi connectivity index (χ3n) is 3.09. The average molecular weight is 241 g/mol. The number of rotatable bonds is 3. The van der Waals surface area contributed by atoms with Crippen molar-refractivity contribution in [3.63, 3.8) is 0 Å². The standard InChI is InChI=1S/C15H19N3/c1-10(2)12-5-7-13(8-6-12)14-9-11(3)15(16-4)18-17-14/h5-10H,1-4H3,(H,16,18). The Balaban J connectivity index is 2.34. The number of hydrogen-bond acceptors (Lipinski definition) is 3. The van der Waals surface area contributed by atoms with Crippen LogP contribution in [0.1, 0.15) is 30.9 Å². The fraction of sp³-hybridized carbons (Fsp3) is 0.333. The van der Waals surface area contributed by atoms with Crippen molar-refractivity contribution in [1.82, 2.24) is 10.2 Å². The molecule has 3 heteroatoms. The highest BCUT2D eigenvalue weighted by atomic mass is 15.2. The van der Waals surface area contributed by atoms with Crippen molar-refractivity contribution >= 4 is 5.82 Å². The van der Waals surface area contributed by atoms with Gasteiger partial charge in [0.15, 0.2) is 5.82 Å². The van der Waals surface area contributed by atoms with Crippen LogP contribution in [-0.4, -0.2) is 17.2 Å². The van der Waals surface area contributed by atoms with Crippen molar-refractivity contribution in [2.45, 2.75) is 26.7 Å². The third-order valence-corrected chi connectivity index (χ3v) is 3.09. The third kappa shape index (κ3) is 2.50. The van der Waals surface area contributed by atoms with Crippen LogP contribution in [0.15, 0.2) is 30.3 Å². The second kappa shape index (κ2) is 5.17. The van der Waals surface area contributed by atoms with E-state index in [1.807, 2.05) is 14.0 Å². The molecule has 2 rings (SSSR count). The number of anilines is 1. The zero-order valence-electron chi connectivity index (χ0n) is 11.4. The second-order valence-corrected chi connectivity index (χ2v) is 4.79. The van der Waals surface area contributed by atoms with E-state index < -0.39 is 0 Å². The van der Waals surface area contributed by atoms with Gasteiger partial charge in [0, 0.05) is 12.6 Å². The minimum atomic E-state index is 0.554. The number of aryl methyl sites for hydroxylation is 1. The predicted octanol–water partition coefficient (Wildman–Crippen LogP) is 3.62. The molecule has 0 amide bonds.